The molecule has 0 amide bonds. The van der Waals surface area contributed by atoms with E-state index < -0.39 is 19.7 Å². The van der Waals surface area contributed by atoms with Crippen LogP contribution >= 0.6 is 19.4 Å². The van der Waals surface area contributed by atoms with Crippen molar-refractivity contribution in [3.63, 3.8) is 0 Å². The lowest BCUT2D eigenvalue weighted by molar-refractivity contribution is -0.161. The fourth-order valence-electron chi connectivity index (χ4n) is 4.73. The first-order valence-corrected chi connectivity index (χ1v) is 20.1. The average molecular weight is 662 g/mol. The molecule has 0 aliphatic rings. The first-order valence-electron chi connectivity index (χ1n) is 17.0. The smallest absolute Gasteiger partial charge is 0.328 e. The first-order chi connectivity index (χ1) is 21.3. The summed E-state index contributed by atoms with van der Waals surface area (Å²) in [5.41, 5.74) is 0.763. The number of thioether (sulfide) groups is 1. The predicted molar refractivity (Wildman–Crippen MR) is 178 cm³/mol. The van der Waals surface area contributed by atoms with Gasteiger partial charge in [0.25, 0.3) is 0 Å². The van der Waals surface area contributed by atoms with Crippen molar-refractivity contribution >= 4 is 31.3 Å². The number of aromatic nitrogens is 3. The highest BCUT2D eigenvalue weighted by Gasteiger charge is 2.25. The van der Waals surface area contributed by atoms with Gasteiger partial charge in [-0.2, -0.15) is 11.8 Å². The van der Waals surface area contributed by atoms with E-state index >= 15 is 0 Å². The standard InChI is InChI=1S/C32H60N3O7PS/c1-4-6-8-10-12-14-16-21-31(36)40-27-30(42-32(37)22-17-15-13-11-9-7-5-2)28-41-43(38,39)24-18-20-29-26-35(34-33-29)23-19-25-44-3/h26,30H,4-25,27-28H2,1-3H3,(H,38,39). The van der Waals surface area contributed by atoms with Crippen LogP contribution < -0.4 is 0 Å². The molecule has 0 aliphatic carbocycles. The third-order valence-corrected chi connectivity index (χ3v) is 9.49. The molecule has 0 radical (unpaired) electrons. The number of nitrogens with zero attached hydrogens (tertiary/aromatic N) is 3. The van der Waals surface area contributed by atoms with Gasteiger partial charge in [-0.25, -0.2) is 0 Å². The van der Waals surface area contributed by atoms with Crippen molar-refractivity contribution in [1.82, 2.24) is 15.0 Å². The van der Waals surface area contributed by atoms with Crippen molar-refractivity contribution in [2.45, 2.75) is 148 Å². The van der Waals surface area contributed by atoms with Gasteiger partial charge in [0, 0.05) is 25.6 Å². The molecule has 0 spiro atoms. The predicted octanol–water partition coefficient (Wildman–Crippen LogP) is 7.90. The fourth-order valence-corrected chi connectivity index (χ4v) is 6.23. The monoisotopic (exact) mass is 661 g/mol. The maximum Gasteiger partial charge on any atom is 0.328 e. The second-order valence-corrected chi connectivity index (χ2v) is 14.6. The van der Waals surface area contributed by atoms with Crippen molar-refractivity contribution in [2.24, 2.45) is 0 Å². The van der Waals surface area contributed by atoms with Crippen LogP contribution in [0.4, 0.5) is 0 Å². The molecule has 0 aromatic carbocycles. The number of aryl methyl sites for hydroxylation is 2. The Bertz CT molecular complexity index is 918. The van der Waals surface area contributed by atoms with Crippen molar-refractivity contribution in [3.8, 4) is 0 Å². The Labute approximate surface area is 270 Å². The van der Waals surface area contributed by atoms with Crippen molar-refractivity contribution in [2.75, 3.05) is 31.4 Å². The van der Waals surface area contributed by atoms with Gasteiger partial charge in [-0.15, -0.1) is 5.10 Å². The summed E-state index contributed by atoms with van der Waals surface area (Å²) < 4.78 is 30.8. The van der Waals surface area contributed by atoms with E-state index in [0.29, 0.717) is 19.3 Å². The molecule has 0 saturated heterocycles. The summed E-state index contributed by atoms with van der Waals surface area (Å²) in [7, 11) is -3.95. The van der Waals surface area contributed by atoms with Gasteiger partial charge in [-0.05, 0) is 44.1 Å². The SMILES string of the molecule is CCCCCCCCCC(=O)OCC(COP(=O)(O)CCCc1cn(CCCSC)nn1)OC(=O)CCCCCCCCC. The lowest BCUT2D eigenvalue weighted by Gasteiger charge is -2.20. The van der Waals surface area contributed by atoms with Crippen LogP contribution in [0.5, 0.6) is 0 Å². The number of ether oxygens (including phenoxy) is 2. The minimum atomic E-state index is -3.95. The Hall–Kier alpha value is -1.42. The molecule has 1 heterocycles. The molecule has 0 saturated carbocycles. The Morgan fingerprint density at radius 1 is 0.864 bits per heavy atom. The van der Waals surface area contributed by atoms with Gasteiger partial charge >= 0.3 is 19.5 Å². The van der Waals surface area contributed by atoms with Gasteiger partial charge < -0.3 is 18.9 Å². The molecule has 10 nitrogen and oxygen atoms in total. The lowest BCUT2D eigenvalue weighted by atomic mass is 10.1. The van der Waals surface area contributed by atoms with E-state index in [9.17, 15) is 19.0 Å². The van der Waals surface area contributed by atoms with E-state index in [1.54, 1.807) is 16.4 Å². The quantitative estimate of drug-likeness (QED) is 0.0493. The van der Waals surface area contributed by atoms with E-state index in [1.807, 2.05) is 6.20 Å². The Balaban J connectivity index is 2.49. The van der Waals surface area contributed by atoms with Crippen LogP contribution in [0.1, 0.15) is 135 Å². The van der Waals surface area contributed by atoms with Gasteiger partial charge in [-0.1, -0.05) is 96.1 Å². The molecule has 256 valence electrons. The molecular weight excluding hydrogens is 601 g/mol. The third kappa shape index (κ3) is 23.0. The highest BCUT2D eigenvalue weighted by atomic mass is 32.2. The van der Waals surface area contributed by atoms with Gasteiger partial charge in [0.15, 0.2) is 6.10 Å². The second kappa shape index (κ2) is 26.8. The highest BCUT2D eigenvalue weighted by Crippen LogP contribution is 2.42. The van der Waals surface area contributed by atoms with Gasteiger partial charge in [0.2, 0.25) is 0 Å². The minimum absolute atomic E-state index is 0.0664. The average Bonchev–Trinajstić information content (AvgIpc) is 3.45. The number of carbonyl (C=O) groups is 2. The number of rotatable bonds is 30. The summed E-state index contributed by atoms with van der Waals surface area (Å²) >= 11 is 1.79. The fraction of sp³-hybridized carbons (Fsp3) is 0.875. The maximum atomic E-state index is 12.7. The molecule has 1 aromatic heterocycles. The zero-order valence-corrected chi connectivity index (χ0v) is 29.4. The van der Waals surface area contributed by atoms with Gasteiger partial charge in [0.1, 0.15) is 6.61 Å². The number of hydrogen-bond acceptors (Lipinski definition) is 9. The lowest BCUT2D eigenvalue weighted by Crippen LogP contribution is -2.29. The molecule has 0 aliphatic heterocycles. The number of carbonyl (C=O) groups excluding carboxylic acids is 2. The van der Waals surface area contributed by atoms with E-state index in [0.717, 1.165) is 69.4 Å². The summed E-state index contributed by atoms with van der Waals surface area (Å²) in [4.78, 5) is 35.3. The Kier molecular flexibility index (Phi) is 24.7. The minimum Gasteiger partial charge on any atom is -0.462 e. The highest BCUT2D eigenvalue weighted by molar-refractivity contribution is 7.98. The second-order valence-electron chi connectivity index (χ2n) is 11.6. The Morgan fingerprint density at radius 3 is 2.07 bits per heavy atom. The van der Waals surface area contributed by atoms with Crippen LogP contribution in [-0.2, 0) is 41.1 Å². The van der Waals surface area contributed by atoms with E-state index in [1.165, 1.54) is 44.9 Å². The first kappa shape index (κ1) is 40.6. The van der Waals surface area contributed by atoms with E-state index in [4.69, 9.17) is 14.0 Å². The molecule has 0 bridgehead atoms. The Morgan fingerprint density at radius 2 is 1.45 bits per heavy atom. The van der Waals surface area contributed by atoms with Crippen LogP contribution in [0, 0.1) is 0 Å². The van der Waals surface area contributed by atoms with Crippen molar-refractivity contribution < 1.29 is 33.0 Å². The molecule has 2 unspecified atom stereocenters. The zero-order chi connectivity index (χ0) is 32.3. The molecule has 0 fully saturated rings. The molecule has 2 atom stereocenters. The maximum absolute atomic E-state index is 12.7. The topological polar surface area (TPSA) is 130 Å². The number of esters is 2. The van der Waals surface area contributed by atoms with E-state index in [-0.39, 0.29) is 31.8 Å². The van der Waals surface area contributed by atoms with Gasteiger partial charge in [-0.3, -0.25) is 18.8 Å². The van der Waals surface area contributed by atoms with Crippen LogP contribution in [0.3, 0.4) is 0 Å². The third-order valence-electron chi connectivity index (χ3n) is 7.35. The molecular formula is C32H60N3O7PS. The van der Waals surface area contributed by atoms with Crippen LogP contribution in [0.2, 0.25) is 0 Å². The normalized spacial score (nSPS) is 13.5. The molecule has 1 rings (SSSR count). The summed E-state index contributed by atoms with van der Waals surface area (Å²) in [6, 6.07) is 0. The van der Waals surface area contributed by atoms with Crippen LogP contribution in [0.25, 0.3) is 0 Å². The number of unbranched alkanes of at least 4 members (excludes halogenated alkanes) is 12. The van der Waals surface area contributed by atoms with Crippen molar-refractivity contribution in [1.29, 1.82) is 0 Å². The number of hydrogen-bond donors (Lipinski definition) is 1. The summed E-state index contributed by atoms with van der Waals surface area (Å²) in [5, 5.41) is 8.25. The molecule has 1 aromatic rings. The summed E-state index contributed by atoms with van der Waals surface area (Å²) in [6.45, 7) is 4.65. The summed E-state index contributed by atoms with van der Waals surface area (Å²) in [5.74, 6) is 0.276. The van der Waals surface area contributed by atoms with Crippen molar-refractivity contribution in [3.05, 3.63) is 11.9 Å². The van der Waals surface area contributed by atoms with Gasteiger partial charge in [0.05, 0.1) is 18.5 Å². The van der Waals surface area contributed by atoms with Crippen LogP contribution in [-0.4, -0.2) is 69.3 Å². The molecule has 12 heteroatoms. The summed E-state index contributed by atoms with van der Waals surface area (Å²) in [6.07, 6.45) is 20.6. The zero-order valence-electron chi connectivity index (χ0n) is 27.7. The van der Waals surface area contributed by atoms with Crippen LogP contribution in [0.15, 0.2) is 6.20 Å². The molecule has 44 heavy (non-hydrogen) atoms. The molecule has 1 N–H and O–H groups in total. The van der Waals surface area contributed by atoms with E-state index in [2.05, 4.69) is 30.4 Å². The largest absolute Gasteiger partial charge is 0.462 e.